The molecule has 0 bridgehead atoms. The fourth-order valence-corrected chi connectivity index (χ4v) is 2.23. The van der Waals surface area contributed by atoms with E-state index in [0.717, 1.165) is 30.6 Å². The van der Waals surface area contributed by atoms with Crippen molar-refractivity contribution in [2.75, 3.05) is 18.5 Å². The van der Waals surface area contributed by atoms with Gasteiger partial charge >= 0.3 is 0 Å². The highest BCUT2D eigenvalue weighted by atomic mass is 19.3. The summed E-state index contributed by atoms with van der Waals surface area (Å²) < 4.78 is 39.3. The Morgan fingerprint density at radius 3 is 2.45 bits per heavy atom. The minimum Gasteiger partial charge on any atom is -0.374 e. The van der Waals surface area contributed by atoms with Gasteiger partial charge in [0.25, 0.3) is 6.43 Å². The second-order valence-corrected chi connectivity index (χ2v) is 5.75. The second-order valence-electron chi connectivity index (χ2n) is 5.75. The van der Waals surface area contributed by atoms with Gasteiger partial charge in [-0.1, -0.05) is 25.7 Å². The van der Waals surface area contributed by atoms with Crippen molar-refractivity contribution >= 4 is 5.69 Å². The van der Waals surface area contributed by atoms with E-state index >= 15 is 0 Å². The van der Waals surface area contributed by atoms with E-state index in [1.807, 2.05) is 25.8 Å². The van der Waals surface area contributed by atoms with Gasteiger partial charge in [0, 0.05) is 24.8 Å². The summed E-state index contributed by atoms with van der Waals surface area (Å²) in [7, 11) is 1.90. The molecule has 0 fully saturated rings. The Kier molecular flexibility index (Phi) is 6.34. The van der Waals surface area contributed by atoms with Crippen molar-refractivity contribution in [1.82, 2.24) is 0 Å². The molecule has 1 aliphatic rings. The molecule has 1 aliphatic heterocycles. The van der Waals surface area contributed by atoms with Crippen molar-refractivity contribution in [3.05, 3.63) is 29.1 Å². The molecule has 0 atom stereocenters. The summed E-state index contributed by atoms with van der Waals surface area (Å²) in [5.41, 5.74) is 0.910. The summed E-state index contributed by atoms with van der Waals surface area (Å²) in [5, 5.41) is 0. The molecule has 1 aromatic rings. The van der Waals surface area contributed by atoms with Gasteiger partial charge in [-0.2, -0.15) is 0 Å². The summed E-state index contributed by atoms with van der Waals surface area (Å²) in [5.74, 6) is 4.96. The molecule has 4 heteroatoms. The van der Waals surface area contributed by atoms with Crippen LogP contribution in [0.25, 0.3) is 0 Å². The van der Waals surface area contributed by atoms with Gasteiger partial charge in [0.15, 0.2) is 0 Å². The van der Waals surface area contributed by atoms with Gasteiger partial charge in [-0.15, -0.1) is 0 Å². The highest BCUT2D eigenvalue weighted by molar-refractivity contribution is 5.62. The van der Waals surface area contributed by atoms with Gasteiger partial charge in [-0.3, -0.25) is 0 Å². The largest absolute Gasteiger partial charge is 0.374 e. The summed E-state index contributed by atoms with van der Waals surface area (Å²) in [6, 6.07) is 2.82. The van der Waals surface area contributed by atoms with Crippen LogP contribution in [0.5, 0.6) is 0 Å². The first-order valence-corrected chi connectivity index (χ1v) is 7.66. The molecule has 0 radical (unpaired) electrons. The van der Waals surface area contributed by atoms with Crippen LogP contribution in [0.15, 0.2) is 12.1 Å². The molecule has 1 aromatic carbocycles. The highest BCUT2D eigenvalue weighted by Crippen LogP contribution is 2.30. The molecule has 1 nitrogen and oxygen atoms in total. The topological polar surface area (TPSA) is 3.24 Å². The SMILES string of the molecule is CC.CN1CCCc2c(C#CC(C)(C)C(F)F)cc(F)cc21. The van der Waals surface area contributed by atoms with E-state index in [4.69, 9.17) is 0 Å². The number of benzene rings is 1. The number of fused-ring (bicyclic) bond motifs is 1. The molecular weight excluding hydrogens is 287 g/mol. The summed E-state index contributed by atoms with van der Waals surface area (Å²) in [6.45, 7) is 7.65. The predicted molar refractivity (Wildman–Crippen MR) is 86.0 cm³/mol. The molecule has 0 saturated carbocycles. The molecular formula is C18H24F3N. The van der Waals surface area contributed by atoms with Crippen LogP contribution in [-0.2, 0) is 6.42 Å². The van der Waals surface area contributed by atoms with E-state index in [0.29, 0.717) is 5.56 Å². The van der Waals surface area contributed by atoms with Crippen molar-refractivity contribution in [2.24, 2.45) is 5.41 Å². The van der Waals surface area contributed by atoms with Crippen LogP contribution in [0, 0.1) is 23.1 Å². The molecule has 0 amide bonds. The number of alkyl halides is 2. The van der Waals surface area contributed by atoms with E-state index in [2.05, 4.69) is 11.8 Å². The Morgan fingerprint density at radius 1 is 1.23 bits per heavy atom. The molecule has 0 aromatic heterocycles. The summed E-state index contributed by atoms with van der Waals surface area (Å²) >= 11 is 0. The lowest BCUT2D eigenvalue weighted by molar-refractivity contribution is 0.0570. The number of halogens is 3. The Balaban J connectivity index is 0.00000116. The summed E-state index contributed by atoms with van der Waals surface area (Å²) in [4.78, 5) is 1.98. The molecule has 0 spiro atoms. The van der Waals surface area contributed by atoms with Crippen molar-refractivity contribution in [1.29, 1.82) is 0 Å². The number of hydrogen-bond acceptors (Lipinski definition) is 1. The normalized spacial score (nSPS) is 13.8. The minimum atomic E-state index is -2.53. The monoisotopic (exact) mass is 311 g/mol. The average Bonchev–Trinajstić information content (AvgIpc) is 2.48. The van der Waals surface area contributed by atoms with Crippen LogP contribution in [0.4, 0.5) is 18.9 Å². The van der Waals surface area contributed by atoms with Crippen LogP contribution in [-0.4, -0.2) is 20.0 Å². The van der Waals surface area contributed by atoms with Gasteiger partial charge in [0.1, 0.15) is 5.82 Å². The first kappa shape index (κ1) is 18.4. The predicted octanol–water partition coefficient (Wildman–Crippen LogP) is 4.88. The second kappa shape index (κ2) is 7.58. The maximum Gasteiger partial charge on any atom is 0.254 e. The van der Waals surface area contributed by atoms with Crippen LogP contribution in [0.2, 0.25) is 0 Å². The lowest BCUT2D eigenvalue weighted by Crippen LogP contribution is -2.25. The Labute approximate surface area is 131 Å². The Hall–Kier alpha value is -1.63. The number of hydrogen-bond donors (Lipinski definition) is 0. The third-order valence-electron chi connectivity index (χ3n) is 3.59. The molecule has 0 N–H and O–H groups in total. The third-order valence-corrected chi connectivity index (χ3v) is 3.59. The van der Waals surface area contributed by atoms with E-state index in [-0.39, 0.29) is 5.82 Å². The van der Waals surface area contributed by atoms with Crippen LogP contribution < -0.4 is 4.90 Å². The molecule has 122 valence electrons. The van der Waals surface area contributed by atoms with E-state index in [1.165, 1.54) is 26.0 Å². The fourth-order valence-electron chi connectivity index (χ4n) is 2.23. The zero-order valence-corrected chi connectivity index (χ0v) is 13.9. The quantitative estimate of drug-likeness (QED) is 0.668. The maximum absolute atomic E-state index is 13.7. The van der Waals surface area contributed by atoms with E-state index < -0.39 is 11.8 Å². The van der Waals surface area contributed by atoms with Crippen molar-refractivity contribution in [2.45, 2.75) is 47.0 Å². The lowest BCUT2D eigenvalue weighted by Gasteiger charge is -2.28. The molecule has 0 unspecified atom stereocenters. The fraction of sp³-hybridized carbons (Fsp3) is 0.556. The maximum atomic E-state index is 13.7. The summed E-state index contributed by atoms with van der Waals surface area (Å²) in [6.07, 6.45) is -0.761. The smallest absolute Gasteiger partial charge is 0.254 e. The first-order valence-electron chi connectivity index (χ1n) is 7.66. The Bertz CT molecular complexity index is 568. The molecule has 2 rings (SSSR count). The van der Waals surface area contributed by atoms with E-state index in [9.17, 15) is 13.2 Å². The van der Waals surface area contributed by atoms with Crippen molar-refractivity contribution < 1.29 is 13.2 Å². The minimum absolute atomic E-state index is 0.378. The number of rotatable bonds is 1. The number of nitrogens with zero attached hydrogens (tertiary/aromatic N) is 1. The Morgan fingerprint density at radius 2 is 1.86 bits per heavy atom. The van der Waals surface area contributed by atoms with Gasteiger partial charge in [0.2, 0.25) is 0 Å². The van der Waals surface area contributed by atoms with Gasteiger partial charge < -0.3 is 4.90 Å². The zero-order chi connectivity index (χ0) is 16.9. The van der Waals surface area contributed by atoms with Gasteiger partial charge in [-0.05, 0) is 44.4 Å². The van der Waals surface area contributed by atoms with Crippen LogP contribution in [0.3, 0.4) is 0 Å². The zero-order valence-electron chi connectivity index (χ0n) is 13.9. The standard InChI is InChI=1S/C16H18F3N.C2H6/c1-16(2,15(18)19)7-6-11-9-12(17)10-14-13(11)5-4-8-20(14)3;1-2/h9-10,15H,4-5,8H2,1-3H3;1-2H3. The third kappa shape index (κ3) is 4.19. The molecule has 0 saturated heterocycles. The van der Waals surface area contributed by atoms with Crippen molar-refractivity contribution in [3.63, 3.8) is 0 Å². The average molecular weight is 311 g/mol. The molecule has 0 aliphatic carbocycles. The molecule has 22 heavy (non-hydrogen) atoms. The van der Waals surface area contributed by atoms with Crippen molar-refractivity contribution in [3.8, 4) is 11.8 Å². The lowest BCUT2D eigenvalue weighted by atomic mass is 9.92. The van der Waals surface area contributed by atoms with Gasteiger partial charge in [0.05, 0.1) is 5.41 Å². The molecule has 1 heterocycles. The van der Waals surface area contributed by atoms with Crippen LogP contribution in [0.1, 0.15) is 45.2 Å². The highest BCUT2D eigenvalue weighted by Gasteiger charge is 2.27. The number of anilines is 1. The van der Waals surface area contributed by atoms with Crippen LogP contribution >= 0.6 is 0 Å². The first-order chi connectivity index (χ1) is 10.3. The van der Waals surface area contributed by atoms with Gasteiger partial charge in [-0.25, -0.2) is 13.2 Å². The van der Waals surface area contributed by atoms with E-state index in [1.54, 1.807) is 0 Å².